The van der Waals surface area contributed by atoms with Gasteiger partial charge in [-0.25, -0.2) is 0 Å². The minimum atomic E-state index is -0.990. The van der Waals surface area contributed by atoms with E-state index in [-0.39, 0.29) is 0 Å². The van der Waals surface area contributed by atoms with Crippen molar-refractivity contribution in [1.29, 1.82) is 0 Å². The summed E-state index contributed by atoms with van der Waals surface area (Å²) in [5.74, 6) is -0.913. The summed E-state index contributed by atoms with van der Waals surface area (Å²) in [6.45, 7) is 5.40. The Morgan fingerprint density at radius 3 is 2.32 bits per heavy atom. The van der Waals surface area contributed by atoms with Gasteiger partial charge in [0.25, 0.3) is 0 Å². The molecule has 0 heterocycles. The van der Waals surface area contributed by atoms with E-state index in [1.54, 1.807) is 24.3 Å². The molecule has 0 bridgehead atoms. The van der Waals surface area contributed by atoms with Gasteiger partial charge >= 0.3 is 11.9 Å². The van der Waals surface area contributed by atoms with Crippen molar-refractivity contribution in [2.24, 2.45) is 0 Å². The van der Waals surface area contributed by atoms with E-state index < -0.39 is 17.4 Å². The van der Waals surface area contributed by atoms with E-state index in [0.29, 0.717) is 24.2 Å². The van der Waals surface area contributed by atoms with Crippen LogP contribution in [0, 0.1) is 0 Å². The molecule has 0 aliphatic heterocycles. The molecular formula is C18H26O4. The maximum atomic E-state index is 12.1. The number of carbonyl (C=O) groups is 2. The van der Waals surface area contributed by atoms with Crippen molar-refractivity contribution < 1.29 is 19.4 Å². The van der Waals surface area contributed by atoms with Gasteiger partial charge in [0, 0.05) is 12.5 Å². The third-order valence-corrected chi connectivity index (χ3v) is 3.95. The third-order valence-electron chi connectivity index (χ3n) is 3.95. The molecule has 122 valence electrons. The predicted molar refractivity (Wildman–Crippen MR) is 86.1 cm³/mol. The lowest BCUT2D eigenvalue weighted by Gasteiger charge is -2.31. The topological polar surface area (TPSA) is 63.6 Å². The summed E-state index contributed by atoms with van der Waals surface area (Å²) in [6, 6.07) is 7.00. The highest BCUT2D eigenvalue weighted by atomic mass is 16.5. The van der Waals surface area contributed by atoms with Gasteiger partial charge in [0.1, 0.15) is 5.75 Å². The standard InChI is InChI=1S/C18H26O4/c1-4-6-9-13-18(12-5-2,17(20)21)15-10-7-8-11-16(15)22-14(3)19/h7-8,10-11H,4-6,9,12-13H2,1-3H3,(H,20,21). The van der Waals surface area contributed by atoms with Crippen molar-refractivity contribution in [2.75, 3.05) is 0 Å². The summed E-state index contributed by atoms with van der Waals surface area (Å²) in [5.41, 5.74) is -0.383. The van der Waals surface area contributed by atoms with E-state index >= 15 is 0 Å². The molecule has 1 rings (SSSR count). The molecule has 0 aliphatic rings. The molecule has 1 aromatic carbocycles. The maximum absolute atomic E-state index is 12.1. The largest absolute Gasteiger partial charge is 0.481 e. The van der Waals surface area contributed by atoms with E-state index in [0.717, 1.165) is 25.7 Å². The number of hydrogen-bond donors (Lipinski definition) is 1. The van der Waals surface area contributed by atoms with Crippen LogP contribution in [0.1, 0.15) is 64.9 Å². The van der Waals surface area contributed by atoms with Gasteiger partial charge in [-0.15, -0.1) is 0 Å². The first kappa shape index (κ1) is 18.2. The molecule has 0 amide bonds. The Balaban J connectivity index is 3.30. The van der Waals surface area contributed by atoms with Gasteiger partial charge in [-0.1, -0.05) is 57.7 Å². The zero-order valence-corrected chi connectivity index (χ0v) is 13.7. The maximum Gasteiger partial charge on any atom is 0.314 e. The molecular weight excluding hydrogens is 280 g/mol. The highest BCUT2D eigenvalue weighted by Crippen LogP contribution is 2.40. The van der Waals surface area contributed by atoms with Crippen molar-refractivity contribution in [3.8, 4) is 5.75 Å². The first-order chi connectivity index (χ1) is 10.5. The van der Waals surface area contributed by atoms with Crippen LogP contribution in [0.2, 0.25) is 0 Å². The minimum absolute atomic E-state index is 0.363. The Hall–Kier alpha value is -1.84. The first-order valence-electron chi connectivity index (χ1n) is 7.99. The molecule has 1 N–H and O–H groups in total. The Kier molecular flexibility index (Phi) is 7.09. The van der Waals surface area contributed by atoms with Crippen LogP contribution in [-0.4, -0.2) is 17.0 Å². The van der Waals surface area contributed by atoms with Crippen LogP contribution >= 0.6 is 0 Å². The number of para-hydroxylation sites is 1. The summed E-state index contributed by atoms with van der Waals surface area (Å²) in [4.78, 5) is 23.4. The number of ether oxygens (including phenoxy) is 1. The van der Waals surface area contributed by atoms with Gasteiger partial charge < -0.3 is 9.84 Å². The normalized spacial score (nSPS) is 13.4. The van der Waals surface area contributed by atoms with Crippen LogP contribution in [0.15, 0.2) is 24.3 Å². The van der Waals surface area contributed by atoms with Crippen LogP contribution in [0.25, 0.3) is 0 Å². The summed E-state index contributed by atoms with van der Waals surface area (Å²) in [7, 11) is 0. The van der Waals surface area contributed by atoms with Gasteiger partial charge in [-0.05, 0) is 18.9 Å². The molecule has 4 nitrogen and oxygen atoms in total. The molecule has 0 aromatic heterocycles. The number of aliphatic carboxylic acids is 1. The quantitative estimate of drug-likeness (QED) is 0.419. The second-order valence-electron chi connectivity index (χ2n) is 5.68. The molecule has 4 heteroatoms. The molecule has 1 unspecified atom stereocenters. The fourth-order valence-corrected chi connectivity index (χ4v) is 2.93. The van der Waals surface area contributed by atoms with E-state index in [1.807, 2.05) is 6.92 Å². The fraction of sp³-hybridized carbons (Fsp3) is 0.556. The summed E-state index contributed by atoms with van der Waals surface area (Å²) < 4.78 is 5.25. The first-order valence-corrected chi connectivity index (χ1v) is 7.99. The van der Waals surface area contributed by atoms with Gasteiger partial charge in [-0.2, -0.15) is 0 Å². The predicted octanol–water partition coefficient (Wildman–Crippen LogP) is 4.31. The molecule has 0 spiro atoms. The summed E-state index contributed by atoms with van der Waals surface area (Å²) in [6.07, 6.45) is 4.72. The molecule has 1 aromatic rings. The van der Waals surface area contributed by atoms with E-state index in [2.05, 4.69) is 6.92 Å². The Bertz CT molecular complexity index is 510. The number of esters is 1. The lowest BCUT2D eigenvalue weighted by molar-refractivity contribution is -0.145. The smallest absolute Gasteiger partial charge is 0.314 e. The van der Waals surface area contributed by atoms with Crippen molar-refractivity contribution in [3.05, 3.63) is 29.8 Å². The van der Waals surface area contributed by atoms with Crippen molar-refractivity contribution >= 4 is 11.9 Å². The number of carboxylic acid groups (broad SMARTS) is 1. The highest BCUT2D eigenvalue weighted by molar-refractivity contribution is 5.83. The van der Waals surface area contributed by atoms with Crippen molar-refractivity contribution in [2.45, 2.75) is 64.7 Å². The Labute approximate surface area is 132 Å². The van der Waals surface area contributed by atoms with Gasteiger partial charge in [-0.3, -0.25) is 9.59 Å². The second-order valence-corrected chi connectivity index (χ2v) is 5.68. The Morgan fingerprint density at radius 1 is 1.09 bits per heavy atom. The molecule has 0 saturated carbocycles. The second kappa shape index (κ2) is 8.57. The van der Waals surface area contributed by atoms with Crippen LogP contribution in [0.5, 0.6) is 5.75 Å². The monoisotopic (exact) mass is 306 g/mol. The summed E-state index contributed by atoms with van der Waals surface area (Å²) >= 11 is 0. The van der Waals surface area contributed by atoms with Gasteiger partial charge in [0.15, 0.2) is 0 Å². The number of hydrogen-bond acceptors (Lipinski definition) is 3. The van der Waals surface area contributed by atoms with Gasteiger partial charge in [0.2, 0.25) is 0 Å². The third kappa shape index (κ3) is 4.33. The van der Waals surface area contributed by atoms with Crippen LogP contribution in [-0.2, 0) is 15.0 Å². The number of carboxylic acids is 1. The van der Waals surface area contributed by atoms with E-state index in [4.69, 9.17) is 4.74 Å². The number of benzene rings is 1. The molecule has 0 aliphatic carbocycles. The van der Waals surface area contributed by atoms with Gasteiger partial charge in [0.05, 0.1) is 5.41 Å². The van der Waals surface area contributed by atoms with E-state index in [9.17, 15) is 14.7 Å². The van der Waals surface area contributed by atoms with Crippen molar-refractivity contribution in [3.63, 3.8) is 0 Å². The highest BCUT2D eigenvalue weighted by Gasteiger charge is 2.41. The molecule has 0 saturated heterocycles. The number of rotatable bonds is 9. The van der Waals surface area contributed by atoms with Crippen molar-refractivity contribution in [1.82, 2.24) is 0 Å². The molecule has 0 radical (unpaired) electrons. The zero-order valence-electron chi connectivity index (χ0n) is 13.7. The molecule has 22 heavy (non-hydrogen) atoms. The lowest BCUT2D eigenvalue weighted by Crippen LogP contribution is -2.36. The SMILES string of the molecule is CCCCCC(CCC)(C(=O)O)c1ccccc1OC(C)=O. The number of carbonyl (C=O) groups excluding carboxylic acids is 1. The summed E-state index contributed by atoms with van der Waals surface area (Å²) in [5, 5.41) is 9.93. The van der Waals surface area contributed by atoms with Crippen LogP contribution in [0.3, 0.4) is 0 Å². The zero-order chi connectivity index (χ0) is 16.6. The number of unbranched alkanes of at least 4 members (excludes halogenated alkanes) is 2. The molecule has 1 atom stereocenters. The van der Waals surface area contributed by atoms with E-state index in [1.165, 1.54) is 6.92 Å². The molecule has 0 fully saturated rings. The lowest BCUT2D eigenvalue weighted by atomic mass is 9.72. The minimum Gasteiger partial charge on any atom is -0.481 e. The van der Waals surface area contributed by atoms with Crippen LogP contribution < -0.4 is 4.74 Å². The average Bonchev–Trinajstić information content (AvgIpc) is 2.46. The average molecular weight is 306 g/mol. The Morgan fingerprint density at radius 2 is 1.77 bits per heavy atom. The van der Waals surface area contributed by atoms with Crippen LogP contribution in [0.4, 0.5) is 0 Å². The fourth-order valence-electron chi connectivity index (χ4n) is 2.93.